The molecule has 0 atom stereocenters. The minimum atomic E-state index is -0.404. The van der Waals surface area contributed by atoms with Crippen molar-refractivity contribution in [3.8, 4) is 10.6 Å². The molecule has 0 radical (unpaired) electrons. The highest BCUT2D eigenvalue weighted by Crippen LogP contribution is 2.28. The van der Waals surface area contributed by atoms with Gasteiger partial charge < -0.3 is 17.7 Å². The highest BCUT2D eigenvalue weighted by atomic mass is 35.5. The van der Waals surface area contributed by atoms with Gasteiger partial charge in [0, 0.05) is 22.9 Å². The lowest BCUT2D eigenvalue weighted by Crippen LogP contribution is -3.00. The van der Waals surface area contributed by atoms with Crippen LogP contribution in [0.2, 0.25) is 0 Å². The molecule has 6 nitrogen and oxygen atoms in total. The summed E-state index contributed by atoms with van der Waals surface area (Å²) >= 11 is 1.49. The molecule has 0 saturated heterocycles. The number of aryl methyl sites for hydroxylation is 1. The van der Waals surface area contributed by atoms with Crippen LogP contribution in [0.1, 0.15) is 0 Å². The van der Waals surface area contributed by atoms with E-state index in [1.54, 1.807) is 16.8 Å². The Morgan fingerprint density at radius 1 is 1.13 bits per heavy atom. The lowest BCUT2D eigenvalue weighted by atomic mass is 10.2. The topological polar surface area (TPSA) is 71.9 Å². The summed E-state index contributed by atoms with van der Waals surface area (Å²) in [6, 6.07) is 16.3. The molecule has 0 fully saturated rings. The van der Waals surface area contributed by atoms with Gasteiger partial charge in [-0.1, -0.05) is 22.9 Å². The summed E-state index contributed by atoms with van der Waals surface area (Å²) in [5.74, 6) is 0. The average molecular weight is 349 g/mol. The summed E-state index contributed by atoms with van der Waals surface area (Å²) in [6.07, 6.45) is 0. The third kappa shape index (κ3) is 3.82. The highest BCUT2D eigenvalue weighted by Gasteiger charge is 2.19. The SMILES string of the molecule is C[n+]1nc(Nc2ccccc2)sc1-c1ccc([N+](=O)[O-])cc1.[Cl-]. The Balaban J connectivity index is 0.00000192. The number of non-ortho nitro benzene ring substituents is 1. The molecule has 0 spiro atoms. The normalized spacial score (nSPS) is 9.96. The molecule has 0 aliphatic carbocycles. The molecule has 2 aromatic carbocycles. The van der Waals surface area contributed by atoms with E-state index in [-0.39, 0.29) is 18.1 Å². The Kier molecular flexibility index (Phi) is 5.25. The predicted octanol–water partition coefficient (Wildman–Crippen LogP) is 0.290. The number of nitrogens with zero attached hydrogens (tertiary/aromatic N) is 3. The van der Waals surface area contributed by atoms with Gasteiger partial charge in [-0.05, 0) is 35.6 Å². The van der Waals surface area contributed by atoms with Gasteiger partial charge >= 0.3 is 0 Å². The van der Waals surface area contributed by atoms with Crippen molar-refractivity contribution < 1.29 is 22.0 Å². The zero-order valence-corrected chi connectivity index (χ0v) is 13.7. The second-order valence-corrected chi connectivity index (χ2v) is 5.61. The Labute approximate surface area is 143 Å². The van der Waals surface area contributed by atoms with Crippen LogP contribution < -0.4 is 22.4 Å². The van der Waals surface area contributed by atoms with Gasteiger partial charge in [0.1, 0.15) is 0 Å². The number of nitro groups is 1. The van der Waals surface area contributed by atoms with Crippen molar-refractivity contribution in [1.82, 2.24) is 5.10 Å². The van der Waals surface area contributed by atoms with Gasteiger partial charge in [0.2, 0.25) is 0 Å². The number of aromatic nitrogens is 2. The smallest absolute Gasteiger partial charge is 0.297 e. The molecule has 0 aliphatic heterocycles. The van der Waals surface area contributed by atoms with Gasteiger partial charge in [-0.2, -0.15) is 0 Å². The van der Waals surface area contributed by atoms with Gasteiger partial charge in [0.05, 0.1) is 10.5 Å². The summed E-state index contributed by atoms with van der Waals surface area (Å²) in [6.45, 7) is 0. The van der Waals surface area contributed by atoms with Crippen molar-refractivity contribution in [3.63, 3.8) is 0 Å². The number of nitrogens with one attached hydrogen (secondary N) is 1. The van der Waals surface area contributed by atoms with E-state index in [1.165, 1.54) is 23.5 Å². The summed E-state index contributed by atoms with van der Waals surface area (Å²) in [5, 5.41) is 20.1. The molecule has 0 bridgehead atoms. The molecule has 3 aromatic rings. The second kappa shape index (κ2) is 7.17. The number of rotatable bonds is 4. The summed E-state index contributed by atoms with van der Waals surface area (Å²) in [5.41, 5.74) is 1.94. The Hall–Kier alpha value is -2.51. The first-order valence-electron chi connectivity index (χ1n) is 6.57. The van der Waals surface area contributed by atoms with E-state index in [9.17, 15) is 10.1 Å². The zero-order valence-electron chi connectivity index (χ0n) is 12.1. The Morgan fingerprint density at radius 3 is 2.39 bits per heavy atom. The first kappa shape index (κ1) is 16.9. The number of benzene rings is 2. The van der Waals surface area contributed by atoms with Crippen molar-refractivity contribution in [2.24, 2.45) is 7.05 Å². The van der Waals surface area contributed by atoms with E-state index in [0.717, 1.165) is 21.4 Å². The first-order valence-corrected chi connectivity index (χ1v) is 7.39. The number of nitro benzene ring substituents is 1. The molecular formula is C15H13ClN4O2S. The molecule has 0 amide bonds. The maximum absolute atomic E-state index is 10.7. The lowest BCUT2D eigenvalue weighted by Gasteiger charge is -1.97. The average Bonchev–Trinajstić information content (AvgIpc) is 2.89. The van der Waals surface area contributed by atoms with Crippen molar-refractivity contribution in [1.29, 1.82) is 0 Å². The van der Waals surface area contributed by atoms with Gasteiger partial charge in [-0.15, -0.1) is 0 Å². The van der Waals surface area contributed by atoms with Crippen LogP contribution in [0.25, 0.3) is 10.6 Å². The second-order valence-electron chi connectivity index (χ2n) is 4.63. The van der Waals surface area contributed by atoms with E-state index in [1.807, 2.05) is 37.4 Å². The van der Waals surface area contributed by atoms with E-state index in [0.29, 0.717) is 0 Å². The maximum atomic E-state index is 10.7. The molecule has 1 N–H and O–H groups in total. The molecule has 8 heteroatoms. The molecule has 0 unspecified atom stereocenters. The van der Waals surface area contributed by atoms with Gasteiger partial charge in [0.15, 0.2) is 7.05 Å². The van der Waals surface area contributed by atoms with Gasteiger partial charge in [-0.25, -0.2) is 0 Å². The fraction of sp³-hybridized carbons (Fsp3) is 0.0667. The highest BCUT2D eigenvalue weighted by molar-refractivity contribution is 7.18. The minimum absolute atomic E-state index is 0. The molecule has 3 rings (SSSR count). The van der Waals surface area contributed by atoms with E-state index in [2.05, 4.69) is 10.4 Å². The van der Waals surface area contributed by atoms with E-state index in [4.69, 9.17) is 0 Å². The molecule has 1 heterocycles. The van der Waals surface area contributed by atoms with Crippen LogP contribution in [-0.4, -0.2) is 10.0 Å². The largest absolute Gasteiger partial charge is 1.00 e. The lowest BCUT2D eigenvalue weighted by molar-refractivity contribution is -0.714. The quantitative estimate of drug-likeness (QED) is 0.418. The summed E-state index contributed by atoms with van der Waals surface area (Å²) < 4.78 is 1.76. The van der Waals surface area contributed by atoms with Crippen LogP contribution in [0.4, 0.5) is 16.5 Å². The van der Waals surface area contributed by atoms with Crippen molar-refractivity contribution >= 4 is 27.8 Å². The number of hydrogen-bond donors (Lipinski definition) is 1. The Bertz CT molecular complexity index is 806. The molecule has 0 aliphatic rings. The van der Waals surface area contributed by atoms with Crippen LogP contribution in [0.3, 0.4) is 0 Å². The fourth-order valence-electron chi connectivity index (χ4n) is 2.03. The van der Waals surface area contributed by atoms with Gasteiger partial charge in [-0.3, -0.25) is 10.1 Å². The standard InChI is InChI=1S/C15H13N4O2S.ClH/c1-18-14(11-7-9-13(10-8-11)19(20)21)22-15(17-18)16-12-5-3-2-4-6-12;/h2-10H,1H3,(H,16,17);1H/q+1;/p-1. The fourth-order valence-corrected chi connectivity index (χ4v) is 2.97. The van der Waals surface area contributed by atoms with Crippen LogP contribution in [0.15, 0.2) is 54.6 Å². The van der Waals surface area contributed by atoms with E-state index < -0.39 is 4.92 Å². The monoisotopic (exact) mass is 348 g/mol. The van der Waals surface area contributed by atoms with Crippen LogP contribution in [-0.2, 0) is 7.05 Å². The summed E-state index contributed by atoms with van der Waals surface area (Å²) in [7, 11) is 1.85. The van der Waals surface area contributed by atoms with Crippen LogP contribution in [0.5, 0.6) is 0 Å². The number of para-hydroxylation sites is 1. The van der Waals surface area contributed by atoms with Crippen molar-refractivity contribution in [3.05, 3.63) is 64.7 Å². The van der Waals surface area contributed by atoms with E-state index >= 15 is 0 Å². The van der Waals surface area contributed by atoms with Crippen LogP contribution >= 0.6 is 11.3 Å². The third-order valence-corrected chi connectivity index (χ3v) is 4.15. The molecule has 23 heavy (non-hydrogen) atoms. The zero-order chi connectivity index (χ0) is 15.5. The maximum Gasteiger partial charge on any atom is 0.297 e. The number of halogens is 1. The molecule has 0 saturated carbocycles. The number of hydrogen-bond acceptors (Lipinski definition) is 5. The molecule has 118 valence electrons. The number of anilines is 2. The van der Waals surface area contributed by atoms with Crippen molar-refractivity contribution in [2.75, 3.05) is 5.32 Å². The predicted molar refractivity (Wildman–Crippen MR) is 85.1 cm³/mol. The van der Waals surface area contributed by atoms with Gasteiger partial charge in [0.25, 0.3) is 15.8 Å². The molecule has 1 aromatic heterocycles. The summed E-state index contributed by atoms with van der Waals surface area (Å²) in [4.78, 5) is 10.3. The van der Waals surface area contributed by atoms with Crippen LogP contribution in [0, 0.1) is 10.1 Å². The minimum Gasteiger partial charge on any atom is -1.00 e. The molecular weight excluding hydrogens is 336 g/mol. The Morgan fingerprint density at radius 2 is 1.78 bits per heavy atom. The third-order valence-electron chi connectivity index (χ3n) is 3.08. The van der Waals surface area contributed by atoms with Crippen molar-refractivity contribution in [2.45, 2.75) is 0 Å². The first-order chi connectivity index (χ1) is 10.6.